The van der Waals surface area contributed by atoms with Gasteiger partial charge in [-0.2, -0.15) is 0 Å². The topological polar surface area (TPSA) is 68.8 Å². The molecule has 2 amide bonds. The zero-order valence-electron chi connectivity index (χ0n) is 14.8. The van der Waals surface area contributed by atoms with E-state index >= 15 is 0 Å². The molecule has 2 N–H and O–H groups in total. The molecule has 0 fully saturated rings. The lowest BCUT2D eigenvalue weighted by atomic mass is 10.2. The predicted octanol–water partition coefficient (Wildman–Crippen LogP) is 3.47. The summed E-state index contributed by atoms with van der Waals surface area (Å²) in [7, 11) is 3.11. The number of amides is 2. The highest BCUT2D eigenvalue weighted by Crippen LogP contribution is 2.28. The molecule has 0 atom stereocenters. The lowest BCUT2D eigenvalue weighted by Gasteiger charge is -2.13. The summed E-state index contributed by atoms with van der Waals surface area (Å²) in [4.78, 5) is 12.0. The maximum Gasteiger partial charge on any atom is 0.319 e. The van der Waals surface area contributed by atoms with Crippen LogP contribution in [0.1, 0.15) is 12.5 Å². The van der Waals surface area contributed by atoms with Gasteiger partial charge in [0.15, 0.2) is 0 Å². The number of carbonyl (C=O) groups excluding carboxylic acids is 1. The van der Waals surface area contributed by atoms with Crippen LogP contribution >= 0.6 is 0 Å². The summed E-state index contributed by atoms with van der Waals surface area (Å²) < 4.78 is 16.0. The van der Waals surface area contributed by atoms with Crippen LogP contribution in [0.2, 0.25) is 0 Å². The predicted molar refractivity (Wildman–Crippen MR) is 97.9 cm³/mol. The average Bonchev–Trinajstić information content (AvgIpc) is 2.65. The Balaban J connectivity index is 1.79. The van der Waals surface area contributed by atoms with Crippen LogP contribution in [0.3, 0.4) is 0 Å². The average molecular weight is 344 g/mol. The first kappa shape index (κ1) is 18.4. The van der Waals surface area contributed by atoms with E-state index in [4.69, 9.17) is 14.2 Å². The Labute approximate surface area is 148 Å². The molecule has 2 aromatic rings. The Bertz CT molecular complexity index is 704. The highest BCUT2D eigenvalue weighted by atomic mass is 16.5. The van der Waals surface area contributed by atoms with Crippen molar-refractivity contribution in [3.63, 3.8) is 0 Å². The number of hydrogen-bond donors (Lipinski definition) is 2. The Morgan fingerprint density at radius 2 is 1.88 bits per heavy atom. The van der Waals surface area contributed by atoms with E-state index in [2.05, 4.69) is 23.6 Å². The van der Waals surface area contributed by atoms with E-state index in [1.165, 1.54) is 12.7 Å². The van der Waals surface area contributed by atoms with Crippen molar-refractivity contribution < 1.29 is 19.0 Å². The monoisotopic (exact) mass is 344 g/mol. The Kier molecular flexibility index (Phi) is 6.95. The van der Waals surface area contributed by atoms with Gasteiger partial charge in [-0.05, 0) is 36.2 Å². The number of nitrogens with one attached hydrogen (secondary N) is 2. The molecule has 0 radical (unpaired) electrons. The molecule has 0 spiro atoms. The molecule has 6 heteroatoms. The van der Waals surface area contributed by atoms with Gasteiger partial charge in [0, 0.05) is 6.07 Å². The number of methoxy groups -OCH3 is 2. The van der Waals surface area contributed by atoms with Crippen LogP contribution < -0.4 is 24.8 Å². The molecule has 134 valence electrons. The van der Waals surface area contributed by atoms with Crippen LogP contribution in [0.5, 0.6) is 17.2 Å². The zero-order valence-corrected chi connectivity index (χ0v) is 14.8. The molecule has 0 aliphatic rings. The number of ether oxygens (including phenoxy) is 3. The summed E-state index contributed by atoms with van der Waals surface area (Å²) >= 11 is 0. The highest BCUT2D eigenvalue weighted by Gasteiger charge is 2.08. The first-order chi connectivity index (χ1) is 12.2. The lowest BCUT2D eigenvalue weighted by molar-refractivity contribution is 0.247. The van der Waals surface area contributed by atoms with Gasteiger partial charge in [-0.3, -0.25) is 0 Å². The molecule has 0 bridgehead atoms. The van der Waals surface area contributed by atoms with Crippen molar-refractivity contribution >= 4 is 11.7 Å². The lowest BCUT2D eigenvalue weighted by Crippen LogP contribution is -2.32. The normalized spacial score (nSPS) is 10.0. The summed E-state index contributed by atoms with van der Waals surface area (Å²) in [5.74, 6) is 1.99. The maximum atomic E-state index is 12.0. The van der Waals surface area contributed by atoms with Crippen molar-refractivity contribution in [2.45, 2.75) is 13.3 Å². The van der Waals surface area contributed by atoms with Gasteiger partial charge in [-0.15, -0.1) is 0 Å². The SMILES string of the molecule is CCc1cccc(OCCNC(=O)Nc2ccc(OC)cc2OC)c1. The standard InChI is InChI=1S/C19H24N2O4/c1-4-14-6-5-7-16(12-14)25-11-10-20-19(22)21-17-9-8-15(23-2)13-18(17)24-3/h5-9,12-13H,4,10-11H2,1-3H3,(H2,20,21,22). The van der Waals surface area contributed by atoms with Gasteiger partial charge in [0.05, 0.1) is 26.5 Å². The van der Waals surface area contributed by atoms with E-state index in [1.807, 2.05) is 18.2 Å². The van der Waals surface area contributed by atoms with Crippen molar-refractivity contribution in [2.75, 3.05) is 32.7 Å². The Hall–Kier alpha value is -2.89. The molecule has 0 heterocycles. The smallest absolute Gasteiger partial charge is 0.319 e. The minimum absolute atomic E-state index is 0.325. The van der Waals surface area contributed by atoms with Crippen LogP contribution in [-0.2, 0) is 6.42 Å². The van der Waals surface area contributed by atoms with Crippen LogP contribution in [0.15, 0.2) is 42.5 Å². The molecule has 0 aliphatic heterocycles. The molecular weight excluding hydrogens is 320 g/mol. The first-order valence-corrected chi connectivity index (χ1v) is 8.15. The van der Waals surface area contributed by atoms with Crippen LogP contribution in [-0.4, -0.2) is 33.4 Å². The van der Waals surface area contributed by atoms with E-state index in [0.717, 1.165) is 12.2 Å². The number of rotatable bonds is 8. The van der Waals surface area contributed by atoms with Crippen molar-refractivity contribution in [1.82, 2.24) is 5.32 Å². The van der Waals surface area contributed by atoms with E-state index in [1.54, 1.807) is 25.3 Å². The third kappa shape index (κ3) is 5.60. The first-order valence-electron chi connectivity index (χ1n) is 8.15. The summed E-state index contributed by atoms with van der Waals surface area (Å²) in [6, 6.07) is 12.8. The van der Waals surface area contributed by atoms with Gasteiger partial charge in [0.2, 0.25) is 0 Å². The Morgan fingerprint density at radius 3 is 2.60 bits per heavy atom. The summed E-state index contributed by atoms with van der Waals surface area (Å²) in [5.41, 5.74) is 1.78. The van der Waals surface area contributed by atoms with Gasteiger partial charge >= 0.3 is 6.03 Å². The van der Waals surface area contributed by atoms with Crippen LogP contribution in [0.25, 0.3) is 0 Å². The number of aryl methyl sites for hydroxylation is 1. The molecule has 0 aromatic heterocycles. The molecule has 25 heavy (non-hydrogen) atoms. The second kappa shape index (κ2) is 9.42. The highest BCUT2D eigenvalue weighted by molar-refractivity contribution is 5.91. The summed E-state index contributed by atoms with van der Waals surface area (Å²) in [6.07, 6.45) is 0.960. The molecule has 0 aliphatic carbocycles. The van der Waals surface area contributed by atoms with Gasteiger partial charge in [0.1, 0.15) is 23.9 Å². The fraction of sp³-hybridized carbons (Fsp3) is 0.316. The molecule has 0 unspecified atom stereocenters. The molecule has 0 saturated heterocycles. The number of urea groups is 1. The Morgan fingerprint density at radius 1 is 1.04 bits per heavy atom. The number of benzene rings is 2. The number of anilines is 1. The maximum absolute atomic E-state index is 12.0. The third-order valence-corrected chi connectivity index (χ3v) is 3.62. The second-order valence-electron chi connectivity index (χ2n) is 5.30. The largest absolute Gasteiger partial charge is 0.497 e. The summed E-state index contributed by atoms with van der Waals surface area (Å²) in [5, 5.41) is 5.49. The van der Waals surface area contributed by atoms with Crippen molar-refractivity contribution in [3.8, 4) is 17.2 Å². The van der Waals surface area contributed by atoms with Gasteiger partial charge in [-0.1, -0.05) is 19.1 Å². The van der Waals surface area contributed by atoms with Gasteiger partial charge in [-0.25, -0.2) is 4.79 Å². The van der Waals surface area contributed by atoms with Crippen molar-refractivity contribution in [2.24, 2.45) is 0 Å². The third-order valence-electron chi connectivity index (χ3n) is 3.62. The molecule has 2 rings (SSSR count). The fourth-order valence-corrected chi connectivity index (χ4v) is 2.26. The van der Waals surface area contributed by atoms with Crippen LogP contribution in [0, 0.1) is 0 Å². The summed E-state index contributed by atoms with van der Waals surface area (Å²) in [6.45, 7) is 2.87. The molecule has 0 saturated carbocycles. The van der Waals surface area contributed by atoms with Gasteiger partial charge in [0.25, 0.3) is 0 Å². The van der Waals surface area contributed by atoms with E-state index < -0.39 is 0 Å². The second-order valence-corrected chi connectivity index (χ2v) is 5.30. The zero-order chi connectivity index (χ0) is 18.1. The van der Waals surface area contributed by atoms with Gasteiger partial charge < -0.3 is 24.8 Å². The van der Waals surface area contributed by atoms with E-state index in [0.29, 0.717) is 30.3 Å². The minimum Gasteiger partial charge on any atom is -0.497 e. The van der Waals surface area contributed by atoms with E-state index in [-0.39, 0.29) is 6.03 Å². The quantitative estimate of drug-likeness (QED) is 0.720. The fourth-order valence-electron chi connectivity index (χ4n) is 2.26. The molecular formula is C19H24N2O4. The number of carbonyl (C=O) groups is 1. The number of hydrogen-bond acceptors (Lipinski definition) is 4. The minimum atomic E-state index is -0.325. The van der Waals surface area contributed by atoms with E-state index in [9.17, 15) is 4.79 Å². The molecule has 2 aromatic carbocycles. The van der Waals surface area contributed by atoms with Crippen LogP contribution in [0.4, 0.5) is 10.5 Å². The molecule has 6 nitrogen and oxygen atoms in total. The van der Waals surface area contributed by atoms with Crippen molar-refractivity contribution in [3.05, 3.63) is 48.0 Å². The van der Waals surface area contributed by atoms with Crippen molar-refractivity contribution in [1.29, 1.82) is 0 Å².